The minimum Gasteiger partial charge on any atom is -0.236 e. The number of sulfonamides is 1. The Hall–Kier alpha value is -1.51. The van der Waals surface area contributed by atoms with Gasteiger partial charge in [-0.05, 0) is 32.3 Å². The average Bonchev–Trinajstić information content (AvgIpc) is 3.14. The van der Waals surface area contributed by atoms with Crippen LogP contribution < -0.4 is 0 Å². The van der Waals surface area contributed by atoms with Gasteiger partial charge in [0.15, 0.2) is 0 Å². The Bertz CT molecular complexity index is 920. The number of rotatable bonds is 11. The van der Waals surface area contributed by atoms with Gasteiger partial charge in [-0.2, -0.15) is 4.31 Å². The highest BCUT2D eigenvalue weighted by Gasteiger charge is 2.38. The lowest BCUT2D eigenvalue weighted by atomic mass is 10.2. The lowest BCUT2D eigenvalue weighted by Gasteiger charge is -2.15. The van der Waals surface area contributed by atoms with Crippen molar-refractivity contribution in [1.29, 1.82) is 0 Å². The first-order valence-electron chi connectivity index (χ1n) is 10.0. The Kier molecular flexibility index (Phi) is 8.03. The number of aryl methyl sites for hydroxylation is 2. The second-order valence-corrected chi connectivity index (χ2v) is 10.5. The van der Waals surface area contributed by atoms with Gasteiger partial charge in [0.1, 0.15) is 11.5 Å². The monoisotopic (exact) mass is 435 g/mol. The molecule has 0 radical (unpaired) electrons. The summed E-state index contributed by atoms with van der Waals surface area (Å²) in [6.45, 7) is 6.00. The van der Waals surface area contributed by atoms with Crippen LogP contribution in [0.1, 0.15) is 46.6 Å². The molecule has 0 N–H and O–H groups in total. The standard InChI is InChI=1S/C22H29NO4S2/c1-18-21-17-23(29(24,25)22(21)19(2)28-18)14-8-3-4-9-15-26-27-16-10-13-20-11-6-5-7-12-20/h5-7,10-13H,3-4,8-9,14-17H2,1-2H3/b13-10+. The van der Waals surface area contributed by atoms with Gasteiger partial charge in [-0.3, -0.25) is 0 Å². The van der Waals surface area contributed by atoms with Crippen molar-refractivity contribution >= 4 is 27.4 Å². The summed E-state index contributed by atoms with van der Waals surface area (Å²) in [5.74, 6) is 0. The van der Waals surface area contributed by atoms with Gasteiger partial charge in [0, 0.05) is 28.4 Å². The molecule has 2 aromatic rings. The molecule has 1 aliphatic heterocycles. The summed E-state index contributed by atoms with van der Waals surface area (Å²) in [5, 5.41) is 0. The highest BCUT2D eigenvalue weighted by molar-refractivity contribution is 7.89. The van der Waals surface area contributed by atoms with Crippen molar-refractivity contribution in [3.63, 3.8) is 0 Å². The van der Waals surface area contributed by atoms with Crippen molar-refractivity contribution in [1.82, 2.24) is 4.31 Å². The van der Waals surface area contributed by atoms with E-state index in [0.29, 0.717) is 31.2 Å². The van der Waals surface area contributed by atoms with E-state index in [1.165, 1.54) is 0 Å². The third kappa shape index (κ3) is 5.77. The van der Waals surface area contributed by atoms with Gasteiger partial charge in [0.05, 0.1) is 6.61 Å². The number of fused-ring (bicyclic) bond motifs is 1. The number of unbranched alkanes of at least 4 members (excludes halogenated alkanes) is 3. The quantitative estimate of drug-likeness (QED) is 0.280. The molecule has 2 heterocycles. The summed E-state index contributed by atoms with van der Waals surface area (Å²) in [6, 6.07) is 10.1. The van der Waals surface area contributed by atoms with Gasteiger partial charge in [0.2, 0.25) is 10.0 Å². The van der Waals surface area contributed by atoms with Gasteiger partial charge in [0.25, 0.3) is 0 Å². The minimum absolute atomic E-state index is 0.421. The fourth-order valence-corrected chi connectivity index (χ4v) is 6.81. The normalized spacial score (nSPS) is 15.9. The van der Waals surface area contributed by atoms with Crippen LogP contribution in [-0.4, -0.2) is 32.5 Å². The molecule has 0 amide bonds. The van der Waals surface area contributed by atoms with Crippen molar-refractivity contribution < 1.29 is 18.2 Å². The van der Waals surface area contributed by atoms with E-state index in [2.05, 4.69) is 0 Å². The molecule has 1 aliphatic rings. The molecule has 0 fully saturated rings. The van der Waals surface area contributed by atoms with Crippen LogP contribution in [0.15, 0.2) is 41.3 Å². The molecule has 0 spiro atoms. The maximum atomic E-state index is 12.7. The molecule has 7 heteroatoms. The molecule has 5 nitrogen and oxygen atoms in total. The lowest BCUT2D eigenvalue weighted by molar-refractivity contribution is -0.286. The van der Waals surface area contributed by atoms with Crippen LogP contribution in [0.5, 0.6) is 0 Å². The van der Waals surface area contributed by atoms with Crippen LogP contribution in [0.3, 0.4) is 0 Å². The Morgan fingerprint density at radius 3 is 2.55 bits per heavy atom. The fourth-order valence-electron chi connectivity index (χ4n) is 3.52. The fraction of sp³-hybridized carbons (Fsp3) is 0.455. The third-order valence-electron chi connectivity index (χ3n) is 5.00. The molecular formula is C22H29NO4S2. The van der Waals surface area contributed by atoms with Crippen LogP contribution in [0.4, 0.5) is 0 Å². The largest absolute Gasteiger partial charge is 0.244 e. The lowest BCUT2D eigenvalue weighted by Crippen LogP contribution is -2.25. The van der Waals surface area contributed by atoms with Gasteiger partial charge >= 0.3 is 0 Å². The van der Waals surface area contributed by atoms with Crippen molar-refractivity contribution in [2.45, 2.75) is 51.0 Å². The number of nitrogens with zero attached hydrogens (tertiary/aromatic N) is 1. The molecule has 29 heavy (non-hydrogen) atoms. The summed E-state index contributed by atoms with van der Waals surface area (Å²) >= 11 is 1.58. The highest BCUT2D eigenvalue weighted by Crippen LogP contribution is 2.39. The summed E-state index contributed by atoms with van der Waals surface area (Å²) in [5.41, 5.74) is 2.13. The molecule has 3 rings (SSSR count). The van der Waals surface area contributed by atoms with Crippen LogP contribution in [0.2, 0.25) is 0 Å². The molecule has 1 aromatic carbocycles. The van der Waals surface area contributed by atoms with Gasteiger partial charge in [-0.25, -0.2) is 18.2 Å². The molecular weight excluding hydrogens is 406 g/mol. The van der Waals surface area contributed by atoms with Crippen molar-refractivity contribution in [2.75, 3.05) is 19.8 Å². The Morgan fingerprint density at radius 2 is 1.79 bits per heavy atom. The third-order valence-corrected chi connectivity index (χ3v) is 8.25. The van der Waals surface area contributed by atoms with Crippen molar-refractivity contribution in [3.05, 3.63) is 57.3 Å². The van der Waals surface area contributed by atoms with E-state index in [1.54, 1.807) is 15.6 Å². The van der Waals surface area contributed by atoms with Gasteiger partial charge in [-0.1, -0.05) is 55.3 Å². The smallest absolute Gasteiger partial charge is 0.236 e. The summed E-state index contributed by atoms with van der Waals surface area (Å²) in [7, 11) is -3.29. The molecule has 0 unspecified atom stereocenters. The first kappa shape index (κ1) is 22.2. The number of hydrogen-bond donors (Lipinski definition) is 0. The van der Waals surface area contributed by atoms with Gasteiger partial charge in [-0.15, -0.1) is 11.3 Å². The summed E-state index contributed by atoms with van der Waals surface area (Å²) < 4.78 is 27.0. The molecule has 0 saturated heterocycles. The number of benzene rings is 1. The van der Waals surface area contributed by atoms with Gasteiger partial charge < -0.3 is 0 Å². The zero-order valence-electron chi connectivity index (χ0n) is 17.1. The van der Waals surface area contributed by atoms with Crippen LogP contribution in [0.25, 0.3) is 6.08 Å². The van der Waals surface area contributed by atoms with E-state index in [0.717, 1.165) is 46.6 Å². The maximum Gasteiger partial charge on any atom is 0.244 e. The topological polar surface area (TPSA) is 55.8 Å². The molecule has 0 atom stereocenters. The van der Waals surface area contributed by atoms with Crippen LogP contribution in [-0.2, 0) is 26.3 Å². The van der Waals surface area contributed by atoms with Crippen LogP contribution in [0, 0.1) is 13.8 Å². The van der Waals surface area contributed by atoms with E-state index in [-0.39, 0.29) is 0 Å². The van der Waals surface area contributed by atoms with Crippen molar-refractivity contribution in [2.24, 2.45) is 0 Å². The number of thiophene rings is 1. The van der Waals surface area contributed by atoms with E-state index in [1.807, 2.05) is 56.3 Å². The molecule has 158 valence electrons. The Labute approximate surface area is 177 Å². The first-order chi connectivity index (χ1) is 14.0. The summed E-state index contributed by atoms with van der Waals surface area (Å²) in [4.78, 5) is 12.9. The Morgan fingerprint density at radius 1 is 1.03 bits per heavy atom. The zero-order chi connectivity index (χ0) is 20.7. The van der Waals surface area contributed by atoms with E-state index in [9.17, 15) is 8.42 Å². The molecule has 0 bridgehead atoms. The molecule has 0 aliphatic carbocycles. The molecule has 1 aromatic heterocycles. The summed E-state index contributed by atoms with van der Waals surface area (Å²) in [6.07, 6.45) is 7.67. The predicted octanol–water partition coefficient (Wildman–Crippen LogP) is 5.09. The number of hydrogen-bond acceptors (Lipinski definition) is 5. The van der Waals surface area contributed by atoms with Crippen molar-refractivity contribution in [3.8, 4) is 0 Å². The SMILES string of the molecule is Cc1sc(C)c2c1CN(CCCCCCOOC/C=C/c1ccccc1)S2(=O)=O. The first-order valence-corrected chi connectivity index (χ1v) is 12.3. The second kappa shape index (κ2) is 10.5. The highest BCUT2D eigenvalue weighted by atomic mass is 32.2. The zero-order valence-corrected chi connectivity index (χ0v) is 18.7. The maximum absolute atomic E-state index is 12.7. The average molecular weight is 436 g/mol. The predicted molar refractivity (Wildman–Crippen MR) is 117 cm³/mol. The molecule has 0 saturated carbocycles. The Balaban J connectivity index is 1.24. The second-order valence-electron chi connectivity index (χ2n) is 7.19. The van der Waals surface area contributed by atoms with Crippen LogP contribution >= 0.6 is 11.3 Å². The van der Waals surface area contributed by atoms with E-state index >= 15 is 0 Å². The van der Waals surface area contributed by atoms with E-state index in [4.69, 9.17) is 9.78 Å². The van der Waals surface area contributed by atoms with E-state index < -0.39 is 10.0 Å². The minimum atomic E-state index is -3.29.